The molecule has 1 unspecified atom stereocenters. The highest BCUT2D eigenvalue weighted by molar-refractivity contribution is 5.97. The van der Waals surface area contributed by atoms with E-state index in [9.17, 15) is 9.59 Å². The third-order valence-corrected chi connectivity index (χ3v) is 4.31. The molecule has 0 aliphatic carbocycles. The summed E-state index contributed by atoms with van der Waals surface area (Å²) >= 11 is 0. The standard InChI is InChI=1S/C21H21NO5/c1-13-17-6-4-5-7-18(17)27-19(13)21(24)26-14(2)20(23)22-12-15-8-10-16(25-3)11-9-15/h4-11,14H,12H2,1-3H3,(H,22,23). The number of carbonyl (C=O) groups is 2. The van der Waals surface area contributed by atoms with Crippen LogP contribution in [0.25, 0.3) is 11.0 Å². The maximum Gasteiger partial charge on any atom is 0.375 e. The number of rotatable bonds is 6. The second-order valence-corrected chi connectivity index (χ2v) is 6.17. The fraction of sp³-hybridized carbons (Fsp3) is 0.238. The second-order valence-electron chi connectivity index (χ2n) is 6.17. The molecule has 0 radical (unpaired) electrons. The molecule has 140 valence electrons. The third-order valence-electron chi connectivity index (χ3n) is 4.31. The summed E-state index contributed by atoms with van der Waals surface area (Å²) in [5, 5.41) is 3.59. The predicted molar refractivity (Wildman–Crippen MR) is 101 cm³/mol. The number of carbonyl (C=O) groups excluding carboxylic acids is 2. The molecule has 1 aromatic heterocycles. The average Bonchev–Trinajstić information content (AvgIpc) is 3.03. The maximum atomic E-state index is 12.4. The van der Waals surface area contributed by atoms with Gasteiger partial charge in [0, 0.05) is 17.5 Å². The molecular weight excluding hydrogens is 346 g/mol. The minimum Gasteiger partial charge on any atom is -0.497 e. The number of nitrogens with one attached hydrogen (secondary N) is 1. The van der Waals surface area contributed by atoms with Gasteiger partial charge < -0.3 is 19.2 Å². The number of esters is 1. The molecule has 0 fully saturated rings. The smallest absolute Gasteiger partial charge is 0.375 e. The summed E-state index contributed by atoms with van der Waals surface area (Å²) < 4.78 is 15.9. The van der Waals surface area contributed by atoms with Gasteiger partial charge in [0.05, 0.1) is 7.11 Å². The van der Waals surface area contributed by atoms with E-state index in [0.717, 1.165) is 16.7 Å². The average molecular weight is 367 g/mol. The number of benzene rings is 2. The van der Waals surface area contributed by atoms with Crippen LogP contribution in [0.5, 0.6) is 5.75 Å². The Morgan fingerprint density at radius 3 is 2.48 bits per heavy atom. The Hall–Kier alpha value is -3.28. The molecule has 0 aliphatic heterocycles. The molecule has 0 spiro atoms. The molecular formula is C21H21NO5. The van der Waals surface area contributed by atoms with E-state index in [0.29, 0.717) is 17.7 Å². The van der Waals surface area contributed by atoms with Gasteiger partial charge in [-0.25, -0.2) is 4.79 Å². The summed E-state index contributed by atoms with van der Waals surface area (Å²) in [6.45, 7) is 3.64. The number of aryl methyl sites for hydroxylation is 1. The Morgan fingerprint density at radius 2 is 1.81 bits per heavy atom. The lowest BCUT2D eigenvalue weighted by Crippen LogP contribution is -2.35. The summed E-state index contributed by atoms with van der Waals surface area (Å²) in [4.78, 5) is 24.6. The van der Waals surface area contributed by atoms with Crippen LogP contribution in [0.15, 0.2) is 52.9 Å². The maximum absolute atomic E-state index is 12.4. The van der Waals surface area contributed by atoms with Crippen LogP contribution in [0.1, 0.15) is 28.6 Å². The molecule has 6 nitrogen and oxygen atoms in total. The Kier molecular flexibility index (Phi) is 5.45. The number of amides is 1. The largest absolute Gasteiger partial charge is 0.497 e. The Bertz CT molecular complexity index is 958. The number of ether oxygens (including phenoxy) is 2. The summed E-state index contributed by atoms with van der Waals surface area (Å²) in [7, 11) is 1.59. The van der Waals surface area contributed by atoms with Crippen molar-refractivity contribution in [3.8, 4) is 5.75 Å². The number of hydrogen-bond donors (Lipinski definition) is 1. The van der Waals surface area contributed by atoms with Crippen LogP contribution >= 0.6 is 0 Å². The van der Waals surface area contributed by atoms with Gasteiger partial charge >= 0.3 is 5.97 Å². The van der Waals surface area contributed by atoms with Gasteiger partial charge in [-0.15, -0.1) is 0 Å². The molecule has 1 heterocycles. The molecule has 0 aliphatic rings. The molecule has 1 N–H and O–H groups in total. The first-order valence-corrected chi connectivity index (χ1v) is 8.59. The first kappa shape index (κ1) is 18.5. The van der Waals surface area contributed by atoms with Crippen LogP contribution in [-0.2, 0) is 16.1 Å². The fourth-order valence-corrected chi connectivity index (χ4v) is 2.71. The summed E-state index contributed by atoms with van der Waals surface area (Å²) in [6.07, 6.45) is -0.941. The quantitative estimate of drug-likeness (QED) is 0.674. The highest BCUT2D eigenvalue weighted by Gasteiger charge is 2.23. The van der Waals surface area contributed by atoms with Crippen molar-refractivity contribution in [2.24, 2.45) is 0 Å². The van der Waals surface area contributed by atoms with Gasteiger partial charge in [-0.3, -0.25) is 4.79 Å². The van der Waals surface area contributed by atoms with Gasteiger partial charge in [0.15, 0.2) is 6.10 Å². The van der Waals surface area contributed by atoms with E-state index in [-0.39, 0.29) is 11.7 Å². The van der Waals surface area contributed by atoms with Crippen LogP contribution in [0.3, 0.4) is 0 Å². The van der Waals surface area contributed by atoms with Gasteiger partial charge in [0.1, 0.15) is 11.3 Å². The third kappa shape index (κ3) is 4.11. The zero-order valence-corrected chi connectivity index (χ0v) is 15.4. The monoisotopic (exact) mass is 367 g/mol. The van der Waals surface area contributed by atoms with E-state index >= 15 is 0 Å². The van der Waals surface area contributed by atoms with Crippen molar-refractivity contribution in [3.05, 3.63) is 65.4 Å². The number of fused-ring (bicyclic) bond motifs is 1. The number of methoxy groups -OCH3 is 1. The molecule has 27 heavy (non-hydrogen) atoms. The van der Waals surface area contributed by atoms with Crippen molar-refractivity contribution in [2.45, 2.75) is 26.5 Å². The van der Waals surface area contributed by atoms with Gasteiger partial charge in [-0.1, -0.05) is 30.3 Å². The van der Waals surface area contributed by atoms with Crippen molar-refractivity contribution in [1.82, 2.24) is 5.32 Å². The first-order valence-electron chi connectivity index (χ1n) is 8.59. The summed E-state index contributed by atoms with van der Waals surface area (Å²) in [5.74, 6) is -0.177. The zero-order valence-electron chi connectivity index (χ0n) is 15.4. The minimum atomic E-state index is -0.941. The normalized spacial score (nSPS) is 11.8. The zero-order chi connectivity index (χ0) is 19.4. The molecule has 0 bridgehead atoms. The first-order chi connectivity index (χ1) is 13.0. The molecule has 0 saturated carbocycles. The Labute approximate surface area is 157 Å². The molecule has 2 aromatic carbocycles. The molecule has 3 rings (SSSR count). The molecule has 0 saturated heterocycles. The van der Waals surface area contributed by atoms with Gasteiger partial charge in [-0.05, 0) is 37.6 Å². The molecule has 3 aromatic rings. The van der Waals surface area contributed by atoms with Crippen LogP contribution in [0, 0.1) is 6.92 Å². The van der Waals surface area contributed by atoms with Gasteiger partial charge in [0.25, 0.3) is 5.91 Å². The topological polar surface area (TPSA) is 77.8 Å². The van der Waals surface area contributed by atoms with E-state index in [4.69, 9.17) is 13.9 Å². The van der Waals surface area contributed by atoms with E-state index in [1.807, 2.05) is 42.5 Å². The van der Waals surface area contributed by atoms with Crippen LogP contribution in [0.4, 0.5) is 0 Å². The fourth-order valence-electron chi connectivity index (χ4n) is 2.71. The van der Waals surface area contributed by atoms with Crippen molar-refractivity contribution < 1.29 is 23.5 Å². The highest BCUT2D eigenvalue weighted by Crippen LogP contribution is 2.25. The van der Waals surface area contributed by atoms with Crippen LogP contribution in [-0.4, -0.2) is 25.1 Å². The van der Waals surface area contributed by atoms with Crippen molar-refractivity contribution in [1.29, 1.82) is 0 Å². The lowest BCUT2D eigenvalue weighted by molar-refractivity contribution is -0.129. The Morgan fingerprint density at radius 1 is 1.11 bits per heavy atom. The molecule has 6 heteroatoms. The summed E-state index contributed by atoms with van der Waals surface area (Å²) in [6, 6.07) is 14.7. The highest BCUT2D eigenvalue weighted by atomic mass is 16.6. The number of para-hydroxylation sites is 1. The molecule has 1 atom stereocenters. The van der Waals surface area contributed by atoms with Crippen molar-refractivity contribution >= 4 is 22.8 Å². The second kappa shape index (κ2) is 7.95. The Balaban J connectivity index is 1.59. The molecule has 1 amide bonds. The predicted octanol–water partition coefficient (Wildman–Crippen LogP) is 3.61. The van der Waals surface area contributed by atoms with Crippen LogP contribution in [0.2, 0.25) is 0 Å². The minimum absolute atomic E-state index is 0.117. The summed E-state index contributed by atoms with van der Waals surface area (Å²) in [5.41, 5.74) is 2.22. The van der Waals surface area contributed by atoms with Crippen LogP contribution < -0.4 is 10.1 Å². The van der Waals surface area contributed by atoms with Gasteiger partial charge in [0.2, 0.25) is 5.76 Å². The number of hydrogen-bond acceptors (Lipinski definition) is 5. The number of furan rings is 1. The SMILES string of the molecule is COc1ccc(CNC(=O)C(C)OC(=O)c2oc3ccccc3c2C)cc1. The van der Waals surface area contributed by atoms with E-state index in [1.54, 1.807) is 20.1 Å². The van der Waals surface area contributed by atoms with E-state index < -0.39 is 12.1 Å². The van der Waals surface area contributed by atoms with Crippen molar-refractivity contribution in [3.63, 3.8) is 0 Å². The van der Waals surface area contributed by atoms with E-state index in [2.05, 4.69) is 5.32 Å². The van der Waals surface area contributed by atoms with E-state index in [1.165, 1.54) is 6.92 Å². The van der Waals surface area contributed by atoms with Crippen molar-refractivity contribution in [2.75, 3.05) is 7.11 Å². The van der Waals surface area contributed by atoms with Gasteiger partial charge in [-0.2, -0.15) is 0 Å². The lowest BCUT2D eigenvalue weighted by atomic mass is 10.1. The lowest BCUT2D eigenvalue weighted by Gasteiger charge is -2.13.